The highest BCUT2D eigenvalue weighted by molar-refractivity contribution is 5.95. The smallest absolute Gasteiger partial charge is 0.251 e. The summed E-state index contributed by atoms with van der Waals surface area (Å²) < 4.78 is 5.37. The first-order chi connectivity index (χ1) is 12.3. The van der Waals surface area contributed by atoms with E-state index in [9.17, 15) is 4.79 Å². The largest absolute Gasteiger partial charge is 0.496 e. The van der Waals surface area contributed by atoms with Gasteiger partial charge < -0.3 is 15.4 Å². The summed E-state index contributed by atoms with van der Waals surface area (Å²) in [6, 6.07) is 11.9. The maximum atomic E-state index is 12.3. The summed E-state index contributed by atoms with van der Waals surface area (Å²) in [5.41, 5.74) is 1.80. The number of nitrogens with zero attached hydrogens (tertiary/aromatic N) is 1. The number of amides is 1. The zero-order valence-corrected chi connectivity index (χ0v) is 14.6. The highest BCUT2D eigenvalue weighted by Crippen LogP contribution is 2.19. The van der Waals surface area contributed by atoms with Crippen molar-refractivity contribution in [3.05, 3.63) is 53.7 Å². The monoisotopic (exact) mass is 339 g/mol. The van der Waals surface area contributed by atoms with Gasteiger partial charge in [-0.2, -0.15) is 0 Å². The van der Waals surface area contributed by atoms with Crippen LogP contribution >= 0.6 is 0 Å². The molecule has 1 aromatic heterocycles. The normalized spacial score (nSPS) is 14.3. The molecule has 0 atom stereocenters. The van der Waals surface area contributed by atoms with Crippen LogP contribution in [0, 0.1) is 0 Å². The van der Waals surface area contributed by atoms with E-state index >= 15 is 0 Å². The zero-order chi connectivity index (χ0) is 17.5. The molecule has 132 valence electrons. The fraction of sp³-hybridized carbons (Fsp3) is 0.400. The molecule has 0 bridgehead atoms. The Bertz CT molecular complexity index is 712. The van der Waals surface area contributed by atoms with Crippen molar-refractivity contribution in [2.24, 2.45) is 0 Å². The van der Waals surface area contributed by atoms with Crippen LogP contribution in [0.15, 0.2) is 42.6 Å². The number of carbonyl (C=O) groups excluding carboxylic acids is 1. The Morgan fingerprint density at radius 3 is 2.84 bits per heavy atom. The van der Waals surface area contributed by atoms with E-state index in [-0.39, 0.29) is 5.91 Å². The second-order valence-electron chi connectivity index (χ2n) is 6.37. The molecular weight excluding hydrogens is 314 g/mol. The summed E-state index contributed by atoms with van der Waals surface area (Å²) >= 11 is 0. The highest BCUT2D eigenvalue weighted by Gasteiger charge is 2.18. The fourth-order valence-corrected chi connectivity index (χ4v) is 3.24. The first-order valence-electron chi connectivity index (χ1n) is 8.89. The summed E-state index contributed by atoms with van der Waals surface area (Å²) in [6.45, 7) is 0.723. The molecule has 5 heteroatoms. The van der Waals surface area contributed by atoms with E-state index in [4.69, 9.17) is 4.74 Å². The summed E-state index contributed by atoms with van der Waals surface area (Å²) in [5, 5.41) is 6.40. The Kier molecular flexibility index (Phi) is 5.88. The van der Waals surface area contributed by atoms with Gasteiger partial charge in [-0.15, -0.1) is 0 Å². The maximum Gasteiger partial charge on any atom is 0.251 e. The summed E-state index contributed by atoms with van der Waals surface area (Å²) in [7, 11) is 1.68. The van der Waals surface area contributed by atoms with Crippen LogP contribution in [-0.4, -0.2) is 30.6 Å². The van der Waals surface area contributed by atoms with Crippen molar-refractivity contribution in [2.75, 3.05) is 19.0 Å². The van der Waals surface area contributed by atoms with Crippen molar-refractivity contribution >= 4 is 11.7 Å². The molecule has 5 nitrogen and oxygen atoms in total. The zero-order valence-electron chi connectivity index (χ0n) is 14.6. The van der Waals surface area contributed by atoms with Crippen molar-refractivity contribution in [1.29, 1.82) is 0 Å². The van der Waals surface area contributed by atoms with Gasteiger partial charge in [0.05, 0.1) is 7.11 Å². The van der Waals surface area contributed by atoms with Gasteiger partial charge >= 0.3 is 0 Å². The lowest BCUT2D eigenvalue weighted by molar-refractivity contribution is 0.0938. The number of hydrogen-bond donors (Lipinski definition) is 2. The molecule has 0 unspecified atom stereocenters. The van der Waals surface area contributed by atoms with Crippen LogP contribution in [0.25, 0.3) is 0 Å². The second kappa shape index (κ2) is 8.51. The van der Waals surface area contributed by atoms with E-state index in [2.05, 4.69) is 21.7 Å². The lowest BCUT2D eigenvalue weighted by Gasteiger charge is -2.13. The Labute approximate surface area is 148 Å². The molecule has 0 spiro atoms. The second-order valence-corrected chi connectivity index (χ2v) is 6.37. The molecule has 0 saturated heterocycles. The number of anilines is 1. The number of nitrogens with one attached hydrogen (secondary N) is 2. The Morgan fingerprint density at radius 1 is 1.24 bits per heavy atom. The minimum atomic E-state index is -0.0120. The fourth-order valence-electron chi connectivity index (χ4n) is 3.24. The summed E-state index contributed by atoms with van der Waals surface area (Å²) in [5.74, 6) is 1.60. The maximum absolute atomic E-state index is 12.3. The van der Waals surface area contributed by atoms with Gasteiger partial charge in [0, 0.05) is 24.3 Å². The molecule has 2 aromatic rings. The molecule has 0 aliphatic heterocycles. The highest BCUT2D eigenvalue weighted by atomic mass is 16.5. The van der Waals surface area contributed by atoms with Crippen LogP contribution in [0.4, 0.5) is 5.82 Å². The Balaban J connectivity index is 1.55. The predicted octanol–water partition coefficient (Wildman–Crippen LogP) is 3.42. The minimum absolute atomic E-state index is 0.0120. The van der Waals surface area contributed by atoms with Crippen LogP contribution in [0.3, 0.4) is 0 Å². The molecule has 1 saturated carbocycles. The molecular formula is C20H25N3O2. The van der Waals surface area contributed by atoms with Crippen LogP contribution in [-0.2, 0) is 6.42 Å². The molecule has 1 fully saturated rings. The summed E-state index contributed by atoms with van der Waals surface area (Å²) in [4.78, 5) is 16.7. The molecule has 1 aliphatic carbocycles. The minimum Gasteiger partial charge on any atom is -0.496 e. The lowest BCUT2D eigenvalue weighted by Crippen LogP contribution is -2.32. The van der Waals surface area contributed by atoms with Crippen LogP contribution in [0.2, 0.25) is 0 Å². The number of rotatable bonds is 7. The van der Waals surface area contributed by atoms with Gasteiger partial charge in [0.2, 0.25) is 0 Å². The summed E-state index contributed by atoms with van der Waals surface area (Å²) in [6.07, 6.45) is 7.08. The van der Waals surface area contributed by atoms with Crippen LogP contribution in [0.1, 0.15) is 41.6 Å². The SMILES string of the molecule is COc1ccccc1CCNc1cc(C(=O)NC2CCCC2)ccn1. The lowest BCUT2D eigenvalue weighted by atomic mass is 10.1. The van der Waals surface area contributed by atoms with Crippen molar-refractivity contribution in [3.63, 3.8) is 0 Å². The number of methoxy groups -OCH3 is 1. The number of pyridine rings is 1. The molecule has 1 amide bonds. The molecule has 25 heavy (non-hydrogen) atoms. The van der Waals surface area contributed by atoms with Gasteiger partial charge in [-0.1, -0.05) is 31.0 Å². The third-order valence-electron chi connectivity index (χ3n) is 4.61. The molecule has 1 aliphatic rings. The Hall–Kier alpha value is -2.56. The van der Waals surface area contributed by atoms with Gasteiger partial charge in [0.15, 0.2) is 0 Å². The molecule has 3 rings (SSSR count). The van der Waals surface area contributed by atoms with E-state index in [0.717, 1.165) is 37.1 Å². The molecule has 0 radical (unpaired) electrons. The standard InChI is InChI=1S/C20H25N3O2/c1-25-18-9-5-2-6-15(18)10-12-21-19-14-16(11-13-22-19)20(24)23-17-7-3-4-8-17/h2,5-6,9,11,13-14,17H,3-4,7-8,10,12H2,1H3,(H,21,22)(H,23,24). The third kappa shape index (κ3) is 4.72. The average Bonchev–Trinajstić information content (AvgIpc) is 3.15. The number of para-hydroxylation sites is 1. The first-order valence-corrected chi connectivity index (χ1v) is 8.89. The van der Waals surface area contributed by atoms with Crippen molar-refractivity contribution in [3.8, 4) is 5.75 Å². The van der Waals surface area contributed by atoms with Gasteiger partial charge in [0.1, 0.15) is 11.6 Å². The van der Waals surface area contributed by atoms with Crippen LogP contribution in [0.5, 0.6) is 5.75 Å². The number of aromatic nitrogens is 1. The van der Waals surface area contributed by atoms with E-state index in [0.29, 0.717) is 17.4 Å². The molecule has 1 aromatic carbocycles. The van der Waals surface area contributed by atoms with Crippen molar-refractivity contribution in [1.82, 2.24) is 10.3 Å². The van der Waals surface area contributed by atoms with Gasteiger partial charge in [-0.25, -0.2) is 4.98 Å². The molecule has 2 N–H and O–H groups in total. The van der Waals surface area contributed by atoms with Crippen molar-refractivity contribution in [2.45, 2.75) is 38.1 Å². The van der Waals surface area contributed by atoms with E-state index < -0.39 is 0 Å². The van der Waals surface area contributed by atoms with Crippen molar-refractivity contribution < 1.29 is 9.53 Å². The van der Waals surface area contributed by atoms with Gasteiger partial charge in [-0.3, -0.25) is 4.79 Å². The average molecular weight is 339 g/mol. The Morgan fingerprint density at radius 2 is 2.04 bits per heavy atom. The number of ether oxygens (including phenoxy) is 1. The van der Waals surface area contributed by atoms with Gasteiger partial charge in [0.25, 0.3) is 5.91 Å². The number of carbonyl (C=O) groups is 1. The number of hydrogen-bond acceptors (Lipinski definition) is 4. The topological polar surface area (TPSA) is 63.2 Å². The van der Waals surface area contributed by atoms with E-state index in [1.54, 1.807) is 19.4 Å². The first kappa shape index (κ1) is 17.3. The predicted molar refractivity (Wildman–Crippen MR) is 99.1 cm³/mol. The third-order valence-corrected chi connectivity index (χ3v) is 4.61. The quantitative estimate of drug-likeness (QED) is 0.811. The van der Waals surface area contributed by atoms with E-state index in [1.165, 1.54) is 12.8 Å². The van der Waals surface area contributed by atoms with Gasteiger partial charge in [-0.05, 0) is 43.0 Å². The van der Waals surface area contributed by atoms with Crippen LogP contribution < -0.4 is 15.4 Å². The molecule has 1 heterocycles. The van der Waals surface area contributed by atoms with E-state index in [1.807, 2.05) is 24.3 Å². The number of benzene rings is 1.